The lowest BCUT2D eigenvalue weighted by Crippen LogP contribution is -2.47. The summed E-state index contributed by atoms with van der Waals surface area (Å²) >= 11 is 0. The maximum Gasteiger partial charge on any atom is 0.243 e. The Balaban J connectivity index is 1.62. The first kappa shape index (κ1) is 21.8. The fourth-order valence-electron chi connectivity index (χ4n) is 3.88. The lowest BCUT2D eigenvalue weighted by atomic mass is 9.91. The maximum atomic E-state index is 12.7. The number of nitrogens with zero attached hydrogens (tertiary/aromatic N) is 2. The van der Waals surface area contributed by atoms with E-state index in [4.69, 9.17) is 0 Å². The molecule has 0 radical (unpaired) electrons. The highest BCUT2D eigenvalue weighted by Crippen LogP contribution is 2.25. The standard InChI is InChI=1S/C21H31N3O4S/c1-21(2,3)20(26)23-12-6-7-16(15-23)19(25)22-17-8-10-18(11-9-17)29(27,28)24-13-4-5-14-24/h8-11,16H,4-7,12-15H2,1-3H3,(H,22,25). The molecule has 1 atom stereocenters. The molecule has 0 saturated carbocycles. The molecule has 2 heterocycles. The molecule has 7 nitrogen and oxygen atoms in total. The molecule has 0 spiro atoms. The van der Waals surface area contributed by atoms with Crippen LogP contribution in [0.3, 0.4) is 0 Å². The topological polar surface area (TPSA) is 86.8 Å². The Hall–Kier alpha value is -1.93. The summed E-state index contributed by atoms with van der Waals surface area (Å²) in [5.41, 5.74) is 0.101. The van der Waals surface area contributed by atoms with Crippen LogP contribution in [0.1, 0.15) is 46.5 Å². The van der Waals surface area contributed by atoms with Crippen LogP contribution in [0.5, 0.6) is 0 Å². The summed E-state index contributed by atoms with van der Waals surface area (Å²) < 4.78 is 26.7. The van der Waals surface area contributed by atoms with Crippen molar-refractivity contribution in [1.29, 1.82) is 0 Å². The second-order valence-electron chi connectivity index (χ2n) is 8.97. The van der Waals surface area contributed by atoms with Crippen LogP contribution in [0.15, 0.2) is 29.2 Å². The van der Waals surface area contributed by atoms with Gasteiger partial charge in [0.2, 0.25) is 21.8 Å². The van der Waals surface area contributed by atoms with E-state index in [2.05, 4.69) is 5.32 Å². The summed E-state index contributed by atoms with van der Waals surface area (Å²) in [4.78, 5) is 27.2. The first-order valence-corrected chi connectivity index (χ1v) is 11.7. The van der Waals surface area contributed by atoms with Crippen LogP contribution < -0.4 is 5.32 Å². The van der Waals surface area contributed by atoms with Crippen LogP contribution in [0.4, 0.5) is 5.69 Å². The molecule has 2 aliphatic heterocycles. The number of sulfonamides is 1. The Bertz CT molecular complexity index is 853. The highest BCUT2D eigenvalue weighted by molar-refractivity contribution is 7.89. The van der Waals surface area contributed by atoms with Gasteiger partial charge in [-0.3, -0.25) is 9.59 Å². The number of anilines is 1. The third-order valence-corrected chi connectivity index (χ3v) is 7.46. The van der Waals surface area contributed by atoms with Crippen molar-refractivity contribution in [2.45, 2.75) is 51.3 Å². The van der Waals surface area contributed by atoms with Crippen LogP contribution in [0, 0.1) is 11.3 Å². The van der Waals surface area contributed by atoms with Crippen LogP contribution in [0.2, 0.25) is 0 Å². The highest BCUT2D eigenvalue weighted by Gasteiger charge is 2.33. The van der Waals surface area contributed by atoms with Gasteiger partial charge in [0.15, 0.2) is 0 Å². The third-order valence-electron chi connectivity index (χ3n) is 5.55. The van der Waals surface area contributed by atoms with Gasteiger partial charge in [-0.2, -0.15) is 4.31 Å². The largest absolute Gasteiger partial charge is 0.341 e. The van der Waals surface area contributed by atoms with E-state index in [1.165, 1.54) is 4.31 Å². The van der Waals surface area contributed by atoms with E-state index in [1.807, 2.05) is 20.8 Å². The SMILES string of the molecule is CC(C)(C)C(=O)N1CCCC(C(=O)Nc2ccc(S(=O)(=O)N3CCCC3)cc2)C1. The molecule has 1 unspecified atom stereocenters. The molecule has 1 aromatic carbocycles. The van der Waals surface area contributed by atoms with Crippen molar-refractivity contribution in [3.63, 3.8) is 0 Å². The van der Waals surface area contributed by atoms with E-state index in [-0.39, 0.29) is 22.6 Å². The number of carbonyl (C=O) groups is 2. The van der Waals surface area contributed by atoms with Gasteiger partial charge in [0.05, 0.1) is 10.8 Å². The average molecular weight is 422 g/mol. The Morgan fingerprint density at radius 2 is 1.62 bits per heavy atom. The molecule has 0 bridgehead atoms. The van der Waals surface area contributed by atoms with Crippen LogP contribution in [0.25, 0.3) is 0 Å². The van der Waals surface area contributed by atoms with Crippen molar-refractivity contribution in [3.05, 3.63) is 24.3 Å². The summed E-state index contributed by atoms with van der Waals surface area (Å²) in [6.07, 6.45) is 3.32. The summed E-state index contributed by atoms with van der Waals surface area (Å²) in [6.45, 7) is 7.88. The number of hydrogen-bond acceptors (Lipinski definition) is 4. The minimum atomic E-state index is -3.46. The van der Waals surface area contributed by atoms with Crippen molar-refractivity contribution in [3.8, 4) is 0 Å². The number of piperidine rings is 1. The van der Waals surface area contributed by atoms with Gasteiger partial charge in [0, 0.05) is 37.3 Å². The number of amides is 2. The van der Waals surface area contributed by atoms with Gasteiger partial charge in [0.25, 0.3) is 0 Å². The molecular weight excluding hydrogens is 390 g/mol. The number of benzene rings is 1. The van der Waals surface area contributed by atoms with Gasteiger partial charge in [-0.25, -0.2) is 8.42 Å². The Kier molecular flexibility index (Phi) is 6.33. The van der Waals surface area contributed by atoms with Gasteiger partial charge in [0.1, 0.15) is 0 Å². The molecule has 0 aliphatic carbocycles. The average Bonchev–Trinajstić information content (AvgIpc) is 3.23. The Labute approximate surface area is 173 Å². The lowest BCUT2D eigenvalue weighted by Gasteiger charge is -2.35. The molecule has 3 rings (SSSR count). The van der Waals surface area contributed by atoms with Crippen LogP contribution in [-0.2, 0) is 19.6 Å². The third kappa shape index (κ3) is 4.98. The van der Waals surface area contributed by atoms with Crippen LogP contribution >= 0.6 is 0 Å². The fourth-order valence-corrected chi connectivity index (χ4v) is 5.40. The van der Waals surface area contributed by atoms with E-state index in [0.717, 1.165) is 25.7 Å². The maximum absolute atomic E-state index is 12.7. The lowest BCUT2D eigenvalue weighted by molar-refractivity contribution is -0.142. The molecule has 29 heavy (non-hydrogen) atoms. The second kappa shape index (κ2) is 8.44. The summed E-state index contributed by atoms with van der Waals surface area (Å²) in [7, 11) is -3.46. The number of hydrogen-bond donors (Lipinski definition) is 1. The normalized spacial score (nSPS) is 21.2. The predicted molar refractivity (Wildman–Crippen MR) is 112 cm³/mol. The highest BCUT2D eigenvalue weighted by atomic mass is 32.2. The molecule has 8 heteroatoms. The molecule has 160 valence electrons. The molecule has 2 fully saturated rings. The molecular formula is C21H31N3O4S. The van der Waals surface area contributed by atoms with Crippen molar-refractivity contribution >= 4 is 27.5 Å². The van der Waals surface area contributed by atoms with Crippen molar-refractivity contribution < 1.29 is 18.0 Å². The molecule has 2 saturated heterocycles. The van der Waals surface area contributed by atoms with E-state index in [1.54, 1.807) is 29.2 Å². The molecule has 0 aromatic heterocycles. The Morgan fingerprint density at radius 1 is 1.00 bits per heavy atom. The summed E-state index contributed by atoms with van der Waals surface area (Å²) in [5.74, 6) is -0.332. The monoisotopic (exact) mass is 421 g/mol. The minimum absolute atomic E-state index is 0.0615. The zero-order valence-corrected chi connectivity index (χ0v) is 18.3. The first-order valence-electron chi connectivity index (χ1n) is 10.3. The Morgan fingerprint density at radius 3 is 2.21 bits per heavy atom. The number of rotatable bonds is 4. The van der Waals surface area contributed by atoms with Gasteiger partial charge in [-0.05, 0) is 49.9 Å². The number of likely N-dealkylation sites (tertiary alicyclic amines) is 1. The number of nitrogens with one attached hydrogen (secondary N) is 1. The van der Waals surface area contributed by atoms with Crippen molar-refractivity contribution in [2.75, 3.05) is 31.5 Å². The van der Waals surface area contributed by atoms with E-state index in [9.17, 15) is 18.0 Å². The molecule has 2 aliphatic rings. The number of carbonyl (C=O) groups excluding carboxylic acids is 2. The molecule has 1 aromatic rings. The minimum Gasteiger partial charge on any atom is -0.341 e. The van der Waals surface area contributed by atoms with Crippen molar-refractivity contribution in [1.82, 2.24) is 9.21 Å². The molecule has 2 amide bonds. The van der Waals surface area contributed by atoms with Crippen molar-refractivity contribution in [2.24, 2.45) is 11.3 Å². The van der Waals surface area contributed by atoms with Crippen LogP contribution in [-0.4, -0.2) is 55.6 Å². The van der Waals surface area contributed by atoms with Gasteiger partial charge in [-0.1, -0.05) is 20.8 Å². The molecule has 1 N–H and O–H groups in total. The van der Waals surface area contributed by atoms with Gasteiger partial charge < -0.3 is 10.2 Å². The summed E-state index contributed by atoms with van der Waals surface area (Å²) in [6, 6.07) is 6.34. The van der Waals surface area contributed by atoms with E-state index in [0.29, 0.717) is 31.9 Å². The zero-order chi connectivity index (χ0) is 21.2. The first-order chi connectivity index (χ1) is 13.6. The predicted octanol–water partition coefficient (Wildman–Crippen LogP) is 2.69. The fraction of sp³-hybridized carbons (Fsp3) is 0.619. The van der Waals surface area contributed by atoms with Gasteiger partial charge in [-0.15, -0.1) is 0 Å². The van der Waals surface area contributed by atoms with E-state index < -0.39 is 15.4 Å². The second-order valence-corrected chi connectivity index (χ2v) is 10.9. The smallest absolute Gasteiger partial charge is 0.243 e. The summed E-state index contributed by atoms with van der Waals surface area (Å²) in [5, 5.41) is 2.87. The van der Waals surface area contributed by atoms with E-state index >= 15 is 0 Å². The quantitative estimate of drug-likeness (QED) is 0.810. The van der Waals surface area contributed by atoms with Gasteiger partial charge >= 0.3 is 0 Å². The zero-order valence-electron chi connectivity index (χ0n) is 17.5.